The van der Waals surface area contributed by atoms with E-state index < -0.39 is 17.6 Å². The number of hydrogen-bond donors (Lipinski definition) is 1. The van der Waals surface area contributed by atoms with Gasteiger partial charge in [-0.15, -0.1) is 0 Å². The number of carbonyl (C=O) groups is 2. The number of esters is 1. The van der Waals surface area contributed by atoms with Crippen molar-refractivity contribution in [3.63, 3.8) is 0 Å². The molecule has 7 aromatic rings. The smallest absolute Gasteiger partial charge is 0.328 e. The van der Waals surface area contributed by atoms with Crippen LogP contribution in [-0.4, -0.2) is 45.5 Å². The second kappa shape index (κ2) is 16.7. The van der Waals surface area contributed by atoms with Gasteiger partial charge in [-0.2, -0.15) is 0 Å². The Morgan fingerprint density at radius 2 is 1.35 bits per heavy atom. The van der Waals surface area contributed by atoms with Gasteiger partial charge in [0.25, 0.3) is 5.91 Å². The van der Waals surface area contributed by atoms with E-state index in [-0.39, 0.29) is 11.9 Å². The van der Waals surface area contributed by atoms with Crippen molar-refractivity contribution in [3.05, 3.63) is 192 Å². The van der Waals surface area contributed by atoms with Crippen LogP contribution in [0.2, 0.25) is 0 Å². The molecule has 0 aliphatic heterocycles. The molecule has 0 unspecified atom stereocenters. The lowest BCUT2D eigenvalue weighted by molar-refractivity contribution is -0.146. The van der Waals surface area contributed by atoms with Gasteiger partial charge >= 0.3 is 5.97 Å². The van der Waals surface area contributed by atoms with Crippen molar-refractivity contribution < 1.29 is 14.3 Å². The molecule has 1 saturated carbocycles. The normalized spacial score (nSPS) is 13.9. The van der Waals surface area contributed by atoms with Crippen LogP contribution in [0.3, 0.4) is 0 Å². The summed E-state index contributed by atoms with van der Waals surface area (Å²) in [6.07, 6.45) is 8.97. The number of benzene rings is 6. The average Bonchev–Trinajstić information content (AvgIpc) is 3.76. The highest BCUT2D eigenvalue weighted by molar-refractivity contribution is 6.07. The zero-order chi connectivity index (χ0) is 39.2. The first-order valence-corrected chi connectivity index (χ1v) is 20.0. The number of rotatable bonds is 12. The number of amides is 1. The summed E-state index contributed by atoms with van der Waals surface area (Å²) in [4.78, 5) is 34.6. The number of nitrogens with one attached hydrogen (secondary N) is 1. The quantitative estimate of drug-likeness (QED) is 0.0993. The summed E-state index contributed by atoms with van der Waals surface area (Å²) in [5, 5.41) is 5.77. The Kier molecular flexibility index (Phi) is 11.0. The summed E-state index contributed by atoms with van der Waals surface area (Å²) in [7, 11) is 1.39. The molecular weight excluding hydrogens is 705 g/mol. The standard InChI is InChI=1S/C50H48N4O3/c1-36(49(56)57-2)54(43-26-13-6-14-27-43)48(55)46-31-30-41(32-47(46)45-29-17-19-37-18-15-16-28-44(37)45)51-33-42-34-53(35-52-42)50(38-20-7-3-8-21-38,39-22-9-4-10-23-39)40-24-11-5-12-25-40/h3-5,7-12,15-25,28-32,34-36,43,51H,6,13-14,26-27,33H2,1-2H3/t36-/m0/s1. The number of carbonyl (C=O) groups excluding carboxylic acids is 2. The third kappa shape index (κ3) is 7.33. The molecule has 57 heavy (non-hydrogen) atoms. The van der Waals surface area contributed by atoms with E-state index in [1.807, 2.05) is 54.9 Å². The molecule has 6 aromatic carbocycles. The predicted molar refractivity (Wildman–Crippen MR) is 228 cm³/mol. The number of fused-ring (bicyclic) bond motifs is 1. The van der Waals surface area contributed by atoms with Crippen LogP contribution in [0.1, 0.15) is 71.8 Å². The first-order chi connectivity index (χ1) is 28.0. The van der Waals surface area contributed by atoms with Gasteiger partial charge < -0.3 is 19.5 Å². The van der Waals surface area contributed by atoms with Crippen molar-refractivity contribution in [1.82, 2.24) is 14.5 Å². The van der Waals surface area contributed by atoms with Gasteiger partial charge in [0.15, 0.2) is 0 Å². The van der Waals surface area contributed by atoms with E-state index in [4.69, 9.17) is 9.72 Å². The highest BCUT2D eigenvalue weighted by atomic mass is 16.5. The van der Waals surface area contributed by atoms with Crippen molar-refractivity contribution in [2.24, 2.45) is 0 Å². The second-order valence-electron chi connectivity index (χ2n) is 14.9. The Labute approximate surface area is 335 Å². The molecule has 1 amide bonds. The minimum atomic E-state index is -0.714. The van der Waals surface area contributed by atoms with Crippen molar-refractivity contribution in [1.29, 1.82) is 0 Å². The number of hydrogen-bond acceptors (Lipinski definition) is 5. The zero-order valence-electron chi connectivity index (χ0n) is 32.6. The molecule has 0 bridgehead atoms. The van der Waals surface area contributed by atoms with E-state index in [9.17, 15) is 9.59 Å². The molecule has 1 heterocycles. The van der Waals surface area contributed by atoms with E-state index >= 15 is 0 Å². The SMILES string of the molecule is COC(=O)[C@H](C)N(C(=O)c1ccc(NCc2cn(C(c3ccccc3)(c3ccccc3)c3ccccc3)cn2)cc1-c1cccc2ccccc12)C1CCCCC1. The van der Waals surface area contributed by atoms with Gasteiger partial charge in [0.2, 0.25) is 0 Å². The van der Waals surface area contributed by atoms with Crippen LogP contribution in [0.15, 0.2) is 164 Å². The number of methoxy groups -OCH3 is 1. The lowest BCUT2D eigenvalue weighted by Gasteiger charge is -2.38. The van der Waals surface area contributed by atoms with Gasteiger partial charge in [0.1, 0.15) is 11.6 Å². The first-order valence-electron chi connectivity index (χ1n) is 20.0. The highest BCUT2D eigenvalue weighted by Gasteiger charge is 2.39. The van der Waals surface area contributed by atoms with Crippen molar-refractivity contribution >= 4 is 28.3 Å². The van der Waals surface area contributed by atoms with Crippen LogP contribution >= 0.6 is 0 Å². The fourth-order valence-corrected chi connectivity index (χ4v) is 8.78. The molecule has 0 radical (unpaired) electrons. The van der Waals surface area contributed by atoms with E-state index in [0.717, 1.165) is 82.1 Å². The number of imidazole rings is 1. The molecule has 286 valence electrons. The Morgan fingerprint density at radius 1 is 0.754 bits per heavy atom. The lowest BCUT2D eigenvalue weighted by atomic mass is 9.77. The van der Waals surface area contributed by atoms with Crippen LogP contribution in [-0.2, 0) is 21.6 Å². The van der Waals surface area contributed by atoms with Gasteiger partial charge in [0, 0.05) is 23.5 Å². The third-order valence-electron chi connectivity index (χ3n) is 11.6. The first kappa shape index (κ1) is 37.5. The van der Waals surface area contributed by atoms with Gasteiger partial charge in [-0.1, -0.05) is 153 Å². The van der Waals surface area contributed by atoms with Gasteiger partial charge in [-0.25, -0.2) is 9.78 Å². The van der Waals surface area contributed by atoms with Crippen LogP contribution in [0.25, 0.3) is 21.9 Å². The van der Waals surface area contributed by atoms with Crippen molar-refractivity contribution in [3.8, 4) is 11.1 Å². The molecule has 0 saturated heterocycles. The van der Waals surface area contributed by atoms with Crippen LogP contribution in [0, 0.1) is 0 Å². The fourth-order valence-electron chi connectivity index (χ4n) is 8.78. The molecule has 1 aliphatic rings. The Balaban J connectivity index is 1.18. The average molecular weight is 753 g/mol. The molecule has 7 nitrogen and oxygen atoms in total. The molecule has 0 spiro atoms. The Morgan fingerprint density at radius 3 is 1.98 bits per heavy atom. The predicted octanol–water partition coefficient (Wildman–Crippen LogP) is 10.5. The molecule has 1 aliphatic carbocycles. The fraction of sp³-hybridized carbons (Fsp3) is 0.220. The van der Waals surface area contributed by atoms with Gasteiger partial charge in [-0.3, -0.25) is 4.79 Å². The molecule has 1 fully saturated rings. The Bertz CT molecular complexity index is 2350. The van der Waals surface area contributed by atoms with Gasteiger partial charge in [0.05, 0.1) is 25.7 Å². The minimum absolute atomic E-state index is 0.0385. The molecule has 1 atom stereocenters. The maximum atomic E-state index is 14.9. The molecule has 8 rings (SSSR count). The van der Waals surface area contributed by atoms with Crippen LogP contribution < -0.4 is 5.32 Å². The van der Waals surface area contributed by atoms with Gasteiger partial charge in [-0.05, 0) is 76.6 Å². The third-order valence-corrected chi connectivity index (χ3v) is 11.6. The highest BCUT2D eigenvalue weighted by Crippen LogP contribution is 2.41. The number of anilines is 1. The summed E-state index contributed by atoms with van der Waals surface area (Å²) >= 11 is 0. The number of ether oxygens (including phenoxy) is 1. The lowest BCUT2D eigenvalue weighted by Crippen LogP contribution is -2.50. The number of aromatic nitrogens is 2. The molecule has 1 N–H and O–H groups in total. The van der Waals surface area contributed by atoms with E-state index in [1.54, 1.807) is 11.8 Å². The zero-order valence-corrected chi connectivity index (χ0v) is 32.6. The molecule has 1 aromatic heterocycles. The maximum absolute atomic E-state index is 14.9. The summed E-state index contributed by atoms with van der Waals surface area (Å²) in [5.41, 5.74) is 6.76. The maximum Gasteiger partial charge on any atom is 0.328 e. The van der Waals surface area contributed by atoms with Crippen LogP contribution in [0.4, 0.5) is 5.69 Å². The summed E-state index contributed by atoms with van der Waals surface area (Å²) < 4.78 is 7.40. The summed E-state index contributed by atoms with van der Waals surface area (Å²) in [6.45, 7) is 2.24. The Hall–Kier alpha value is -6.47. The van der Waals surface area contributed by atoms with E-state index in [1.165, 1.54) is 7.11 Å². The monoisotopic (exact) mass is 752 g/mol. The molecule has 7 heteroatoms. The largest absolute Gasteiger partial charge is 0.467 e. The summed E-state index contributed by atoms with van der Waals surface area (Å²) in [6, 6.07) is 51.3. The minimum Gasteiger partial charge on any atom is -0.467 e. The van der Waals surface area contributed by atoms with Crippen molar-refractivity contribution in [2.75, 3.05) is 12.4 Å². The molecular formula is C50H48N4O3. The van der Waals surface area contributed by atoms with Crippen LogP contribution in [0.5, 0.6) is 0 Å². The topological polar surface area (TPSA) is 76.5 Å². The van der Waals surface area contributed by atoms with E-state index in [0.29, 0.717) is 12.1 Å². The number of nitrogens with zero attached hydrogens (tertiary/aromatic N) is 3. The van der Waals surface area contributed by atoms with E-state index in [2.05, 4.69) is 119 Å². The summed E-state index contributed by atoms with van der Waals surface area (Å²) in [5.74, 6) is -0.568. The van der Waals surface area contributed by atoms with Crippen molar-refractivity contribution in [2.45, 2.75) is 63.2 Å². The second-order valence-corrected chi connectivity index (χ2v) is 14.9.